The van der Waals surface area contributed by atoms with Crippen LogP contribution in [0.3, 0.4) is 0 Å². The van der Waals surface area contributed by atoms with Gasteiger partial charge >= 0.3 is 5.97 Å². The van der Waals surface area contributed by atoms with Crippen molar-refractivity contribution in [2.75, 3.05) is 32.8 Å². The molecule has 0 aliphatic heterocycles. The molecular formula is C22H44N2O4. The molecule has 0 aliphatic carbocycles. The van der Waals surface area contributed by atoms with Crippen LogP contribution in [0.2, 0.25) is 0 Å². The molecular weight excluding hydrogens is 356 g/mol. The van der Waals surface area contributed by atoms with Crippen molar-refractivity contribution in [2.45, 2.75) is 96.8 Å². The average Bonchev–Trinajstić information content (AvgIpc) is 2.65. The Bertz CT molecular complexity index is 378. The van der Waals surface area contributed by atoms with Crippen LogP contribution in [0.1, 0.15) is 96.8 Å². The van der Waals surface area contributed by atoms with Gasteiger partial charge in [0, 0.05) is 26.1 Å². The summed E-state index contributed by atoms with van der Waals surface area (Å²) in [4.78, 5) is 24.2. The lowest BCUT2D eigenvalue weighted by Crippen LogP contribution is -2.39. The summed E-state index contributed by atoms with van der Waals surface area (Å²) in [7, 11) is 0. The number of carboxylic acid groups (broad SMARTS) is 1. The van der Waals surface area contributed by atoms with E-state index in [9.17, 15) is 9.59 Å². The molecule has 3 N–H and O–H groups in total. The zero-order valence-electron chi connectivity index (χ0n) is 18.1. The SMILES string of the molecule is CCCCCCCCCCCCCCCC(=O)NCCN(CCO)CC(=O)O. The number of carbonyl (C=O) groups is 2. The second-order valence-electron chi connectivity index (χ2n) is 7.74. The lowest BCUT2D eigenvalue weighted by Gasteiger charge is -2.19. The van der Waals surface area contributed by atoms with Gasteiger partial charge in [0.05, 0.1) is 13.2 Å². The molecule has 0 atom stereocenters. The Morgan fingerprint density at radius 3 is 1.75 bits per heavy atom. The Kier molecular flexibility index (Phi) is 19.8. The van der Waals surface area contributed by atoms with Gasteiger partial charge in [-0.05, 0) is 6.42 Å². The molecule has 0 aromatic rings. The van der Waals surface area contributed by atoms with E-state index in [-0.39, 0.29) is 19.1 Å². The van der Waals surface area contributed by atoms with Gasteiger partial charge in [-0.15, -0.1) is 0 Å². The minimum absolute atomic E-state index is 0.0300. The Labute approximate surface area is 172 Å². The Balaban J connectivity index is 3.39. The maximum Gasteiger partial charge on any atom is 0.317 e. The third-order valence-electron chi connectivity index (χ3n) is 5.03. The number of unbranched alkanes of at least 4 members (excludes halogenated alkanes) is 12. The molecule has 0 heterocycles. The van der Waals surface area contributed by atoms with E-state index in [4.69, 9.17) is 10.2 Å². The first-order chi connectivity index (χ1) is 13.6. The lowest BCUT2D eigenvalue weighted by molar-refractivity contribution is -0.138. The summed E-state index contributed by atoms with van der Waals surface area (Å²) in [5, 5.41) is 20.6. The molecule has 6 nitrogen and oxygen atoms in total. The molecule has 0 fully saturated rings. The predicted octanol–water partition coefficient (Wildman–Crippen LogP) is 3.96. The molecule has 0 aromatic carbocycles. The Morgan fingerprint density at radius 2 is 1.29 bits per heavy atom. The van der Waals surface area contributed by atoms with Crippen LogP contribution in [0.5, 0.6) is 0 Å². The van der Waals surface area contributed by atoms with Crippen LogP contribution in [0.4, 0.5) is 0 Å². The molecule has 0 spiro atoms. The maximum absolute atomic E-state index is 11.8. The minimum atomic E-state index is -0.924. The summed E-state index contributed by atoms with van der Waals surface area (Å²) in [6.07, 6.45) is 17.3. The molecule has 0 aromatic heterocycles. The predicted molar refractivity (Wildman–Crippen MR) is 114 cm³/mol. The quantitative estimate of drug-likeness (QED) is 0.254. The molecule has 28 heavy (non-hydrogen) atoms. The highest BCUT2D eigenvalue weighted by Gasteiger charge is 2.09. The molecule has 166 valence electrons. The monoisotopic (exact) mass is 400 g/mol. The third-order valence-corrected chi connectivity index (χ3v) is 5.03. The smallest absolute Gasteiger partial charge is 0.317 e. The number of nitrogens with zero attached hydrogens (tertiary/aromatic N) is 1. The lowest BCUT2D eigenvalue weighted by atomic mass is 10.0. The van der Waals surface area contributed by atoms with Gasteiger partial charge in [-0.1, -0.05) is 84.0 Å². The van der Waals surface area contributed by atoms with Crippen LogP contribution in [-0.4, -0.2) is 59.8 Å². The first kappa shape index (κ1) is 26.9. The second-order valence-corrected chi connectivity index (χ2v) is 7.74. The van der Waals surface area contributed by atoms with Gasteiger partial charge in [0.15, 0.2) is 0 Å². The van der Waals surface area contributed by atoms with Crippen molar-refractivity contribution in [2.24, 2.45) is 0 Å². The van der Waals surface area contributed by atoms with E-state index in [1.165, 1.54) is 70.6 Å². The van der Waals surface area contributed by atoms with Gasteiger partial charge in [0.2, 0.25) is 5.91 Å². The van der Waals surface area contributed by atoms with Crippen LogP contribution in [0.25, 0.3) is 0 Å². The Morgan fingerprint density at radius 1 is 0.786 bits per heavy atom. The molecule has 0 saturated carbocycles. The highest BCUT2D eigenvalue weighted by atomic mass is 16.4. The number of amides is 1. The Hall–Kier alpha value is -1.14. The van der Waals surface area contributed by atoms with Gasteiger partial charge in [-0.2, -0.15) is 0 Å². The molecule has 1 amide bonds. The first-order valence-corrected chi connectivity index (χ1v) is 11.4. The van der Waals surface area contributed by atoms with Crippen LogP contribution in [-0.2, 0) is 9.59 Å². The molecule has 0 radical (unpaired) electrons. The van der Waals surface area contributed by atoms with Crippen LogP contribution in [0, 0.1) is 0 Å². The average molecular weight is 401 g/mol. The van der Waals surface area contributed by atoms with Gasteiger partial charge in [-0.25, -0.2) is 0 Å². The van der Waals surface area contributed by atoms with Crippen LogP contribution < -0.4 is 5.32 Å². The summed E-state index contributed by atoms with van der Waals surface area (Å²) in [6, 6.07) is 0. The van der Waals surface area contributed by atoms with Crippen molar-refractivity contribution in [1.29, 1.82) is 0 Å². The van der Waals surface area contributed by atoms with Crippen LogP contribution >= 0.6 is 0 Å². The van der Waals surface area contributed by atoms with E-state index in [1.807, 2.05) is 0 Å². The standard InChI is InChI=1S/C22H44N2O4/c1-2-3-4-5-6-7-8-9-10-11-12-13-14-15-21(26)23-16-17-24(18-19-25)20-22(27)28/h25H,2-20H2,1H3,(H,23,26)(H,27,28). The third kappa shape index (κ3) is 19.6. The van der Waals surface area contributed by atoms with Crippen molar-refractivity contribution in [3.05, 3.63) is 0 Å². The van der Waals surface area contributed by atoms with E-state index < -0.39 is 5.97 Å². The highest BCUT2D eigenvalue weighted by Crippen LogP contribution is 2.12. The largest absolute Gasteiger partial charge is 0.480 e. The number of carbonyl (C=O) groups excluding carboxylic acids is 1. The van der Waals surface area contributed by atoms with E-state index in [0.29, 0.717) is 26.1 Å². The van der Waals surface area contributed by atoms with Crippen molar-refractivity contribution in [3.63, 3.8) is 0 Å². The molecule has 0 aliphatic rings. The molecule has 0 unspecified atom stereocenters. The van der Waals surface area contributed by atoms with Crippen molar-refractivity contribution < 1.29 is 19.8 Å². The van der Waals surface area contributed by atoms with E-state index in [0.717, 1.165) is 12.8 Å². The number of rotatable bonds is 21. The number of aliphatic carboxylic acids is 1. The van der Waals surface area contributed by atoms with Gasteiger partial charge in [0.25, 0.3) is 0 Å². The number of hydrogen-bond acceptors (Lipinski definition) is 4. The summed E-state index contributed by atoms with van der Waals surface area (Å²) in [6.45, 7) is 3.23. The van der Waals surface area contributed by atoms with E-state index in [2.05, 4.69) is 12.2 Å². The number of hydrogen-bond donors (Lipinski definition) is 3. The van der Waals surface area contributed by atoms with Crippen LogP contribution in [0.15, 0.2) is 0 Å². The summed E-state index contributed by atoms with van der Waals surface area (Å²) >= 11 is 0. The van der Waals surface area contributed by atoms with Gasteiger partial charge in [0.1, 0.15) is 0 Å². The molecule has 6 heteroatoms. The number of carboxylic acids is 1. The zero-order chi connectivity index (χ0) is 20.9. The van der Waals surface area contributed by atoms with E-state index >= 15 is 0 Å². The highest BCUT2D eigenvalue weighted by molar-refractivity contribution is 5.75. The van der Waals surface area contributed by atoms with Gasteiger partial charge < -0.3 is 15.5 Å². The first-order valence-electron chi connectivity index (χ1n) is 11.4. The second kappa shape index (κ2) is 20.6. The number of aliphatic hydroxyl groups is 1. The zero-order valence-corrected chi connectivity index (χ0v) is 18.1. The molecule has 0 rings (SSSR count). The topological polar surface area (TPSA) is 89.9 Å². The maximum atomic E-state index is 11.8. The minimum Gasteiger partial charge on any atom is -0.480 e. The fourth-order valence-electron chi connectivity index (χ4n) is 3.35. The fraction of sp³-hybridized carbons (Fsp3) is 0.909. The van der Waals surface area contributed by atoms with Crippen molar-refractivity contribution in [1.82, 2.24) is 10.2 Å². The summed E-state index contributed by atoms with van der Waals surface area (Å²) < 4.78 is 0. The number of aliphatic hydroxyl groups excluding tert-OH is 1. The number of nitrogens with one attached hydrogen (secondary N) is 1. The molecule has 0 bridgehead atoms. The van der Waals surface area contributed by atoms with E-state index in [1.54, 1.807) is 4.90 Å². The fourth-order valence-corrected chi connectivity index (χ4v) is 3.35. The summed E-state index contributed by atoms with van der Waals surface area (Å²) in [5.74, 6) is -0.894. The normalized spacial score (nSPS) is 11.1. The van der Waals surface area contributed by atoms with Gasteiger partial charge in [-0.3, -0.25) is 14.5 Å². The van der Waals surface area contributed by atoms with Crippen molar-refractivity contribution >= 4 is 11.9 Å². The summed E-state index contributed by atoms with van der Waals surface area (Å²) in [5.41, 5.74) is 0. The van der Waals surface area contributed by atoms with Crippen molar-refractivity contribution in [3.8, 4) is 0 Å². The molecule has 0 saturated heterocycles.